The molecule has 1 aromatic rings. The number of carbonyl (C=O) groups is 1. The molecule has 0 atom stereocenters. The predicted molar refractivity (Wildman–Crippen MR) is 83.0 cm³/mol. The Labute approximate surface area is 122 Å². The first kappa shape index (κ1) is 14.9. The molecule has 20 heavy (non-hydrogen) atoms. The molecule has 1 aromatic carbocycles. The molecule has 3 heteroatoms. The Kier molecular flexibility index (Phi) is 4.69. The zero-order chi connectivity index (χ0) is 14.6. The highest BCUT2D eigenvalue weighted by Gasteiger charge is 2.22. The van der Waals surface area contributed by atoms with E-state index in [9.17, 15) is 4.79 Å². The van der Waals surface area contributed by atoms with E-state index >= 15 is 0 Å². The molecule has 1 aliphatic rings. The third-order valence-corrected chi connectivity index (χ3v) is 4.21. The Bertz CT molecular complexity index is 445. The molecular formula is C17H26N2O. The lowest BCUT2D eigenvalue weighted by atomic mass is 9.84. The van der Waals surface area contributed by atoms with Gasteiger partial charge in [-0.05, 0) is 25.3 Å². The van der Waals surface area contributed by atoms with Crippen molar-refractivity contribution < 1.29 is 4.79 Å². The summed E-state index contributed by atoms with van der Waals surface area (Å²) >= 11 is 0. The van der Waals surface area contributed by atoms with E-state index in [1.807, 2.05) is 0 Å². The van der Waals surface area contributed by atoms with Gasteiger partial charge in [0.25, 0.3) is 0 Å². The van der Waals surface area contributed by atoms with Gasteiger partial charge < -0.3 is 10.6 Å². The number of hydrogen-bond acceptors (Lipinski definition) is 1. The minimum absolute atomic E-state index is 0.0305. The van der Waals surface area contributed by atoms with Crippen LogP contribution in [0.4, 0.5) is 4.79 Å². The van der Waals surface area contributed by atoms with Crippen LogP contribution in [0.3, 0.4) is 0 Å². The molecule has 2 N–H and O–H groups in total. The SMILES string of the molecule is Cc1ccc(C(C)(C)CNC(=O)NC2CCCC2)cc1. The first-order chi connectivity index (χ1) is 9.47. The zero-order valence-corrected chi connectivity index (χ0v) is 12.8. The summed E-state index contributed by atoms with van der Waals surface area (Å²) in [5, 5.41) is 6.07. The van der Waals surface area contributed by atoms with Crippen LogP contribution in [0, 0.1) is 6.92 Å². The molecule has 0 bridgehead atoms. The van der Waals surface area contributed by atoms with Gasteiger partial charge in [0, 0.05) is 18.0 Å². The molecule has 2 rings (SSSR count). The topological polar surface area (TPSA) is 41.1 Å². The molecule has 0 unspecified atom stereocenters. The van der Waals surface area contributed by atoms with Crippen LogP contribution in [0.2, 0.25) is 0 Å². The van der Waals surface area contributed by atoms with Crippen LogP contribution in [-0.4, -0.2) is 18.6 Å². The summed E-state index contributed by atoms with van der Waals surface area (Å²) in [6.45, 7) is 7.06. The molecule has 0 spiro atoms. The molecule has 0 radical (unpaired) electrons. The van der Waals surface area contributed by atoms with Crippen LogP contribution in [0.1, 0.15) is 50.7 Å². The number of urea groups is 1. The maximum atomic E-state index is 11.9. The van der Waals surface area contributed by atoms with Crippen molar-refractivity contribution in [3.05, 3.63) is 35.4 Å². The van der Waals surface area contributed by atoms with E-state index in [0.29, 0.717) is 12.6 Å². The fourth-order valence-electron chi connectivity index (χ4n) is 2.71. The third-order valence-electron chi connectivity index (χ3n) is 4.21. The number of aryl methyl sites for hydroxylation is 1. The average Bonchev–Trinajstić information content (AvgIpc) is 2.90. The molecule has 0 saturated heterocycles. The number of benzene rings is 1. The lowest BCUT2D eigenvalue weighted by Crippen LogP contribution is -2.45. The van der Waals surface area contributed by atoms with E-state index in [1.54, 1.807) is 0 Å². The molecular weight excluding hydrogens is 248 g/mol. The Morgan fingerprint density at radius 1 is 1.20 bits per heavy atom. The molecule has 1 saturated carbocycles. The molecule has 0 aromatic heterocycles. The van der Waals surface area contributed by atoms with Gasteiger partial charge in [0.05, 0.1) is 0 Å². The van der Waals surface area contributed by atoms with Crippen LogP contribution in [0.25, 0.3) is 0 Å². The van der Waals surface area contributed by atoms with E-state index < -0.39 is 0 Å². The van der Waals surface area contributed by atoms with Crippen molar-refractivity contribution in [1.82, 2.24) is 10.6 Å². The Balaban J connectivity index is 1.84. The van der Waals surface area contributed by atoms with E-state index in [0.717, 1.165) is 12.8 Å². The van der Waals surface area contributed by atoms with Crippen molar-refractivity contribution in [3.63, 3.8) is 0 Å². The highest BCUT2D eigenvalue weighted by atomic mass is 16.2. The third kappa shape index (κ3) is 3.99. The van der Waals surface area contributed by atoms with Crippen LogP contribution in [0.5, 0.6) is 0 Å². The van der Waals surface area contributed by atoms with Crippen molar-refractivity contribution in [2.24, 2.45) is 0 Å². The number of rotatable bonds is 4. The fourth-order valence-corrected chi connectivity index (χ4v) is 2.71. The van der Waals surface area contributed by atoms with E-state index in [4.69, 9.17) is 0 Å². The van der Waals surface area contributed by atoms with Gasteiger partial charge in [-0.25, -0.2) is 4.79 Å². The lowest BCUT2D eigenvalue weighted by molar-refractivity contribution is 0.234. The predicted octanol–water partition coefficient (Wildman–Crippen LogP) is 3.51. The summed E-state index contributed by atoms with van der Waals surface area (Å²) in [5.74, 6) is 0. The second-order valence-corrected chi connectivity index (χ2v) is 6.56. The van der Waals surface area contributed by atoms with Gasteiger partial charge in [-0.1, -0.05) is 56.5 Å². The minimum atomic E-state index is -0.0548. The highest BCUT2D eigenvalue weighted by Crippen LogP contribution is 2.22. The second-order valence-electron chi connectivity index (χ2n) is 6.56. The van der Waals surface area contributed by atoms with Crippen molar-refractivity contribution in [2.45, 2.75) is 57.9 Å². The summed E-state index contributed by atoms with van der Waals surface area (Å²) in [7, 11) is 0. The summed E-state index contributed by atoms with van der Waals surface area (Å²) in [6.07, 6.45) is 4.71. The smallest absolute Gasteiger partial charge is 0.315 e. The van der Waals surface area contributed by atoms with Crippen molar-refractivity contribution in [3.8, 4) is 0 Å². The first-order valence-corrected chi connectivity index (χ1v) is 7.59. The van der Waals surface area contributed by atoms with Crippen LogP contribution >= 0.6 is 0 Å². The fraction of sp³-hybridized carbons (Fsp3) is 0.588. The van der Waals surface area contributed by atoms with E-state index in [2.05, 4.69) is 55.7 Å². The molecule has 1 fully saturated rings. The van der Waals surface area contributed by atoms with Gasteiger partial charge in [-0.15, -0.1) is 0 Å². The van der Waals surface area contributed by atoms with Crippen LogP contribution < -0.4 is 10.6 Å². The maximum Gasteiger partial charge on any atom is 0.315 e. The van der Waals surface area contributed by atoms with Crippen molar-refractivity contribution >= 4 is 6.03 Å². The van der Waals surface area contributed by atoms with Crippen LogP contribution in [-0.2, 0) is 5.41 Å². The molecule has 2 amide bonds. The van der Waals surface area contributed by atoms with Gasteiger partial charge >= 0.3 is 6.03 Å². The highest BCUT2D eigenvalue weighted by molar-refractivity contribution is 5.74. The molecule has 3 nitrogen and oxygen atoms in total. The zero-order valence-electron chi connectivity index (χ0n) is 12.8. The first-order valence-electron chi connectivity index (χ1n) is 7.59. The molecule has 1 aliphatic carbocycles. The summed E-state index contributed by atoms with van der Waals surface area (Å²) in [4.78, 5) is 11.9. The second kappa shape index (κ2) is 6.29. The maximum absolute atomic E-state index is 11.9. The number of nitrogens with one attached hydrogen (secondary N) is 2. The summed E-state index contributed by atoms with van der Waals surface area (Å²) in [5.41, 5.74) is 2.46. The van der Waals surface area contributed by atoms with Gasteiger partial charge in [-0.2, -0.15) is 0 Å². The van der Waals surface area contributed by atoms with Crippen molar-refractivity contribution in [2.75, 3.05) is 6.54 Å². The van der Waals surface area contributed by atoms with Gasteiger partial charge in [0.1, 0.15) is 0 Å². The van der Waals surface area contributed by atoms with Crippen LogP contribution in [0.15, 0.2) is 24.3 Å². The van der Waals surface area contributed by atoms with Gasteiger partial charge in [0.15, 0.2) is 0 Å². The average molecular weight is 274 g/mol. The van der Waals surface area contributed by atoms with E-state index in [1.165, 1.54) is 24.0 Å². The monoisotopic (exact) mass is 274 g/mol. The standard InChI is InChI=1S/C17H26N2O/c1-13-8-10-14(11-9-13)17(2,3)12-18-16(20)19-15-6-4-5-7-15/h8-11,15H,4-7,12H2,1-3H3,(H2,18,19,20). The number of amides is 2. The Morgan fingerprint density at radius 3 is 2.40 bits per heavy atom. The largest absolute Gasteiger partial charge is 0.337 e. The molecule has 0 aliphatic heterocycles. The molecule has 110 valence electrons. The minimum Gasteiger partial charge on any atom is -0.337 e. The molecule has 0 heterocycles. The van der Waals surface area contributed by atoms with E-state index in [-0.39, 0.29) is 11.4 Å². The van der Waals surface area contributed by atoms with Crippen molar-refractivity contribution in [1.29, 1.82) is 0 Å². The van der Waals surface area contributed by atoms with Gasteiger partial charge in [-0.3, -0.25) is 0 Å². The summed E-state index contributed by atoms with van der Waals surface area (Å²) in [6, 6.07) is 8.87. The summed E-state index contributed by atoms with van der Waals surface area (Å²) < 4.78 is 0. The van der Waals surface area contributed by atoms with Gasteiger partial charge in [0.2, 0.25) is 0 Å². The normalized spacial score (nSPS) is 16.1. The Hall–Kier alpha value is -1.51. The number of hydrogen-bond donors (Lipinski definition) is 2. The Morgan fingerprint density at radius 2 is 1.80 bits per heavy atom. The lowest BCUT2D eigenvalue weighted by Gasteiger charge is -2.26. The number of carbonyl (C=O) groups excluding carboxylic acids is 1. The quantitative estimate of drug-likeness (QED) is 0.866.